The molecule has 0 atom stereocenters. The van der Waals surface area contributed by atoms with Crippen molar-refractivity contribution in [1.29, 1.82) is 0 Å². The monoisotopic (exact) mass is 203 g/mol. The molecule has 0 aliphatic rings. The van der Waals surface area contributed by atoms with E-state index in [0.717, 1.165) is 16.8 Å². The molecule has 0 aliphatic heterocycles. The number of hydrogen-bond acceptors (Lipinski definition) is 5. The molecule has 3 nitrogen and oxygen atoms in total. The van der Waals surface area contributed by atoms with Crippen LogP contribution in [0.5, 0.6) is 0 Å². The average molecular weight is 203 g/mol. The van der Waals surface area contributed by atoms with Gasteiger partial charge in [0.05, 0.1) is 0 Å². The summed E-state index contributed by atoms with van der Waals surface area (Å²) in [5, 5.41) is 1.38. The molecule has 0 saturated carbocycles. The number of thioether (sulfide) groups is 1. The number of aromatic nitrogens is 2. The first-order chi connectivity index (χ1) is 5.68. The molecule has 1 aromatic heterocycles. The van der Waals surface area contributed by atoms with E-state index in [1.54, 1.807) is 11.8 Å². The Hall–Kier alpha value is -0.290. The molecule has 0 aliphatic carbocycles. The van der Waals surface area contributed by atoms with Crippen LogP contribution in [0.3, 0.4) is 0 Å². The zero-order chi connectivity index (χ0) is 8.97. The summed E-state index contributed by atoms with van der Waals surface area (Å²) < 4.78 is 4.08. The Morgan fingerprint density at radius 2 is 2.33 bits per heavy atom. The summed E-state index contributed by atoms with van der Waals surface area (Å²) in [4.78, 5) is 4.06. The predicted octanol–water partition coefficient (Wildman–Crippen LogP) is 2.26. The van der Waals surface area contributed by atoms with Crippen molar-refractivity contribution in [3.05, 3.63) is 0 Å². The van der Waals surface area contributed by atoms with Gasteiger partial charge >= 0.3 is 0 Å². The SMILES string of the molecule is CC(C)CCSc1nsc(N)n1. The third kappa shape index (κ3) is 3.40. The highest BCUT2D eigenvalue weighted by Gasteiger charge is 2.01. The van der Waals surface area contributed by atoms with E-state index in [9.17, 15) is 0 Å². The summed E-state index contributed by atoms with van der Waals surface area (Å²) in [6, 6.07) is 0. The zero-order valence-corrected chi connectivity index (χ0v) is 8.91. The minimum absolute atomic E-state index is 0.557. The van der Waals surface area contributed by atoms with Gasteiger partial charge in [-0.3, -0.25) is 0 Å². The molecule has 0 spiro atoms. The zero-order valence-electron chi connectivity index (χ0n) is 7.28. The Kier molecular flexibility index (Phi) is 3.81. The maximum Gasteiger partial charge on any atom is 0.201 e. The van der Waals surface area contributed by atoms with Gasteiger partial charge in [0, 0.05) is 17.3 Å². The van der Waals surface area contributed by atoms with Crippen LogP contribution in [0.2, 0.25) is 0 Å². The van der Waals surface area contributed by atoms with Crippen LogP contribution in [0.1, 0.15) is 20.3 Å². The summed E-state index contributed by atoms with van der Waals surface area (Å²) in [6.07, 6.45) is 1.20. The molecular weight excluding hydrogens is 190 g/mol. The van der Waals surface area contributed by atoms with Crippen molar-refractivity contribution < 1.29 is 0 Å². The molecule has 0 amide bonds. The number of hydrogen-bond donors (Lipinski definition) is 1. The molecule has 2 N–H and O–H groups in total. The molecule has 0 radical (unpaired) electrons. The molecule has 0 bridgehead atoms. The molecule has 1 rings (SSSR count). The summed E-state index contributed by atoms with van der Waals surface area (Å²) in [7, 11) is 0. The summed E-state index contributed by atoms with van der Waals surface area (Å²) in [5.74, 6) is 1.82. The van der Waals surface area contributed by atoms with Gasteiger partial charge in [-0.05, 0) is 12.3 Å². The minimum atomic E-state index is 0.557. The maximum absolute atomic E-state index is 5.44. The van der Waals surface area contributed by atoms with Crippen LogP contribution in [0.4, 0.5) is 5.13 Å². The van der Waals surface area contributed by atoms with Gasteiger partial charge in [-0.2, -0.15) is 9.36 Å². The van der Waals surface area contributed by atoms with Crippen molar-refractivity contribution >= 4 is 28.4 Å². The van der Waals surface area contributed by atoms with E-state index in [0.29, 0.717) is 5.13 Å². The highest BCUT2D eigenvalue weighted by Crippen LogP contribution is 2.19. The van der Waals surface area contributed by atoms with E-state index >= 15 is 0 Å². The van der Waals surface area contributed by atoms with Gasteiger partial charge in [0.2, 0.25) is 10.3 Å². The van der Waals surface area contributed by atoms with Crippen molar-refractivity contribution in [2.75, 3.05) is 11.5 Å². The Bertz CT molecular complexity index is 234. The van der Waals surface area contributed by atoms with Crippen LogP contribution in [0.25, 0.3) is 0 Å². The third-order valence-corrected chi connectivity index (χ3v) is 2.89. The smallest absolute Gasteiger partial charge is 0.201 e. The molecule has 5 heteroatoms. The second-order valence-electron chi connectivity index (χ2n) is 2.95. The van der Waals surface area contributed by atoms with Gasteiger partial charge in [-0.15, -0.1) is 0 Å². The van der Waals surface area contributed by atoms with Gasteiger partial charge in [0.15, 0.2) is 0 Å². The van der Waals surface area contributed by atoms with E-state index in [1.165, 1.54) is 18.0 Å². The van der Waals surface area contributed by atoms with Crippen molar-refractivity contribution in [2.24, 2.45) is 5.92 Å². The Labute approximate surface area is 80.9 Å². The van der Waals surface area contributed by atoms with Crippen LogP contribution in [0.15, 0.2) is 5.16 Å². The number of rotatable bonds is 4. The van der Waals surface area contributed by atoms with E-state index in [-0.39, 0.29) is 0 Å². The third-order valence-electron chi connectivity index (χ3n) is 1.35. The summed E-state index contributed by atoms with van der Waals surface area (Å²) >= 11 is 2.94. The van der Waals surface area contributed by atoms with Crippen molar-refractivity contribution in [3.8, 4) is 0 Å². The van der Waals surface area contributed by atoms with Crippen molar-refractivity contribution in [1.82, 2.24) is 9.36 Å². The van der Waals surface area contributed by atoms with Crippen LogP contribution in [-0.2, 0) is 0 Å². The topological polar surface area (TPSA) is 51.8 Å². The number of nitrogen functional groups attached to an aromatic ring is 1. The van der Waals surface area contributed by atoms with E-state index < -0.39 is 0 Å². The molecular formula is C7H13N3S2. The Balaban J connectivity index is 2.24. The molecule has 0 saturated heterocycles. The Morgan fingerprint density at radius 3 is 2.83 bits per heavy atom. The lowest BCUT2D eigenvalue weighted by atomic mass is 10.2. The highest BCUT2D eigenvalue weighted by molar-refractivity contribution is 7.99. The first-order valence-electron chi connectivity index (χ1n) is 3.90. The second-order valence-corrected chi connectivity index (χ2v) is 4.79. The fourth-order valence-corrected chi connectivity index (χ4v) is 2.32. The first-order valence-corrected chi connectivity index (χ1v) is 5.66. The molecule has 1 heterocycles. The molecule has 1 aromatic rings. The fourth-order valence-electron chi connectivity index (χ4n) is 0.665. The van der Waals surface area contributed by atoms with Crippen LogP contribution in [-0.4, -0.2) is 15.1 Å². The van der Waals surface area contributed by atoms with E-state index in [2.05, 4.69) is 23.2 Å². The largest absolute Gasteiger partial charge is 0.374 e. The van der Waals surface area contributed by atoms with Gasteiger partial charge in [0.1, 0.15) is 0 Å². The van der Waals surface area contributed by atoms with Gasteiger partial charge < -0.3 is 5.73 Å². The first kappa shape index (κ1) is 9.80. The average Bonchev–Trinajstić information content (AvgIpc) is 2.35. The molecule has 0 fully saturated rings. The standard InChI is InChI=1S/C7H13N3S2/c1-5(2)3-4-11-7-9-6(8)12-10-7/h5H,3-4H2,1-2H3,(H2,8,9,10). The summed E-state index contributed by atoms with van der Waals surface area (Å²) in [5.41, 5.74) is 5.44. The number of nitrogens with two attached hydrogens (primary N) is 1. The normalized spacial score (nSPS) is 10.9. The van der Waals surface area contributed by atoms with Crippen molar-refractivity contribution in [3.63, 3.8) is 0 Å². The molecule has 12 heavy (non-hydrogen) atoms. The van der Waals surface area contributed by atoms with Gasteiger partial charge in [-0.1, -0.05) is 25.6 Å². The minimum Gasteiger partial charge on any atom is -0.374 e. The van der Waals surface area contributed by atoms with Gasteiger partial charge in [0.25, 0.3) is 0 Å². The fraction of sp³-hybridized carbons (Fsp3) is 0.714. The summed E-state index contributed by atoms with van der Waals surface area (Å²) in [6.45, 7) is 4.42. The van der Waals surface area contributed by atoms with E-state index in [1.807, 2.05) is 0 Å². The lowest BCUT2D eigenvalue weighted by Crippen LogP contribution is -1.90. The molecule has 0 aromatic carbocycles. The predicted molar refractivity (Wildman–Crippen MR) is 54.5 cm³/mol. The van der Waals surface area contributed by atoms with Crippen molar-refractivity contribution in [2.45, 2.75) is 25.4 Å². The number of nitrogens with zero attached hydrogens (tertiary/aromatic N) is 2. The second kappa shape index (κ2) is 4.67. The van der Waals surface area contributed by atoms with Gasteiger partial charge in [-0.25, -0.2) is 0 Å². The Morgan fingerprint density at radius 1 is 1.58 bits per heavy atom. The van der Waals surface area contributed by atoms with E-state index in [4.69, 9.17) is 5.73 Å². The lowest BCUT2D eigenvalue weighted by Gasteiger charge is -2.00. The molecule has 0 unspecified atom stereocenters. The number of anilines is 1. The van der Waals surface area contributed by atoms with Crippen LogP contribution < -0.4 is 5.73 Å². The van der Waals surface area contributed by atoms with Crippen LogP contribution in [0, 0.1) is 5.92 Å². The quantitative estimate of drug-likeness (QED) is 0.763. The van der Waals surface area contributed by atoms with Crippen LogP contribution >= 0.6 is 23.3 Å². The maximum atomic E-state index is 5.44. The lowest BCUT2D eigenvalue weighted by molar-refractivity contribution is 0.631. The highest BCUT2D eigenvalue weighted by atomic mass is 32.2. The molecule has 68 valence electrons.